The lowest BCUT2D eigenvalue weighted by Gasteiger charge is -2.02. The van der Waals surface area contributed by atoms with Crippen LogP contribution >= 0.6 is 0 Å². The molecule has 0 fully saturated rings. The van der Waals surface area contributed by atoms with Crippen LogP contribution in [-0.4, -0.2) is 12.6 Å². The van der Waals surface area contributed by atoms with Crippen molar-refractivity contribution in [2.45, 2.75) is 45.4 Å². The van der Waals surface area contributed by atoms with E-state index in [1.165, 1.54) is 31.8 Å². The van der Waals surface area contributed by atoms with Crippen LogP contribution in [-0.2, 0) is 9.53 Å². The van der Waals surface area contributed by atoms with Gasteiger partial charge in [0.1, 0.15) is 0 Å². The Morgan fingerprint density at radius 3 is 2.67 bits per heavy atom. The first-order valence-electron chi connectivity index (χ1n) is 7.62. The number of rotatable bonds is 9. The molecular formula is C18H23NO2. The zero-order valence-electron chi connectivity index (χ0n) is 12.7. The van der Waals surface area contributed by atoms with Crippen LogP contribution in [0.25, 0.3) is 6.08 Å². The molecule has 0 spiro atoms. The molecule has 0 unspecified atom stereocenters. The fraction of sp³-hybridized carbons (Fsp3) is 0.444. The molecule has 3 heteroatoms. The summed E-state index contributed by atoms with van der Waals surface area (Å²) in [4.78, 5) is 11.6. The first-order chi connectivity index (χ1) is 10.3. The van der Waals surface area contributed by atoms with Crippen LogP contribution in [0.3, 0.4) is 0 Å². The Kier molecular flexibility index (Phi) is 8.63. The van der Waals surface area contributed by atoms with Gasteiger partial charge in [0.2, 0.25) is 0 Å². The van der Waals surface area contributed by atoms with Crippen LogP contribution in [0, 0.1) is 11.3 Å². The summed E-state index contributed by atoms with van der Waals surface area (Å²) >= 11 is 0. The molecule has 1 aromatic rings. The molecule has 1 rings (SSSR count). The molecule has 0 radical (unpaired) electrons. The van der Waals surface area contributed by atoms with E-state index in [1.807, 2.05) is 6.07 Å². The lowest BCUT2D eigenvalue weighted by atomic mass is 10.1. The van der Waals surface area contributed by atoms with Gasteiger partial charge >= 0.3 is 5.97 Å². The van der Waals surface area contributed by atoms with Crippen molar-refractivity contribution in [3.63, 3.8) is 0 Å². The van der Waals surface area contributed by atoms with Crippen LogP contribution in [0.2, 0.25) is 0 Å². The highest BCUT2D eigenvalue weighted by atomic mass is 16.5. The number of esters is 1. The number of carbonyl (C=O) groups excluding carboxylic acids is 1. The summed E-state index contributed by atoms with van der Waals surface area (Å²) in [5.74, 6) is -0.351. The molecule has 1 aromatic carbocycles. The van der Waals surface area contributed by atoms with Gasteiger partial charge in [-0.05, 0) is 24.1 Å². The van der Waals surface area contributed by atoms with Crippen LogP contribution in [0.1, 0.15) is 56.6 Å². The van der Waals surface area contributed by atoms with Crippen LogP contribution in [0.15, 0.2) is 30.3 Å². The van der Waals surface area contributed by atoms with Crippen LogP contribution < -0.4 is 0 Å². The summed E-state index contributed by atoms with van der Waals surface area (Å²) in [5, 5.41) is 8.95. The maximum atomic E-state index is 11.6. The van der Waals surface area contributed by atoms with Gasteiger partial charge in [0.05, 0.1) is 18.2 Å². The number of nitriles is 1. The van der Waals surface area contributed by atoms with E-state index in [4.69, 9.17) is 10.00 Å². The van der Waals surface area contributed by atoms with Gasteiger partial charge in [0.25, 0.3) is 0 Å². The molecule has 112 valence electrons. The average Bonchev–Trinajstić information content (AvgIpc) is 2.52. The lowest BCUT2D eigenvalue weighted by Crippen LogP contribution is -2.02. The highest BCUT2D eigenvalue weighted by Crippen LogP contribution is 2.09. The van der Waals surface area contributed by atoms with Gasteiger partial charge in [0, 0.05) is 6.08 Å². The number of carbonyl (C=O) groups is 1. The second-order valence-electron chi connectivity index (χ2n) is 4.97. The Morgan fingerprint density at radius 2 is 1.90 bits per heavy atom. The second kappa shape index (κ2) is 10.7. The Balaban J connectivity index is 2.24. The third-order valence-corrected chi connectivity index (χ3v) is 3.22. The summed E-state index contributed by atoms with van der Waals surface area (Å²) in [7, 11) is 0. The molecule has 0 N–H and O–H groups in total. The zero-order valence-corrected chi connectivity index (χ0v) is 12.7. The molecule has 0 aliphatic carbocycles. The molecule has 0 saturated carbocycles. The van der Waals surface area contributed by atoms with Crippen molar-refractivity contribution in [1.29, 1.82) is 5.26 Å². The smallest absolute Gasteiger partial charge is 0.330 e. The topological polar surface area (TPSA) is 50.1 Å². The van der Waals surface area contributed by atoms with Crippen molar-refractivity contribution < 1.29 is 9.53 Å². The molecule has 3 nitrogen and oxygen atoms in total. The van der Waals surface area contributed by atoms with Gasteiger partial charge in [-0.1, -0.05) is 57.2 Å². The molecule has 0 amide bonds. The molecule has 0 bridgehead atoms. The summed E-state index contributed by atoms with van der Waals surface area (Å²) < 4.78 is 5.14. The van der Waals surface area contributed by atoms with E-state index in [0.29, 0.717) is 12.2 Å². The van der Waals surface area contributed by atoms with Crippen molar-refractivity contribution in [2.24, 2.45) is 0 Å². The van der Waals surface area contributed by atoms with E-state index in [9.17, 15) is 4.79 Å². The van der Waals surface area contributed by atoms with Gasteiger partial charge in [-0.25, -0.2) is 4.79 Å². The minimum atomic E-state index is -0.351. The Hall–Kier alpha value is -2.08. The maximum Gasteiger partial charge on any atom is 0.330 e. The zero-order chi connectivity index (χ0) is 15.3. The number of hydrogen-bond acceptors (Lipinski definition) is 3. The predicted octanol–water partition coefficient (Wildman–Crippen LogP) is 4.48. The highest BCUT2D eigenvalue weighted by molar-refractivity contribution is 5.87. The van der Waals surface area contributed by atoms with Gasteiger partial charge in [0.15, 0.2) is 0 Å². The fourth-order valence-electron chi connectivity index (χ4n) is 2.01. The molecule has 0 atom stereocenters. The molecule has 0 aliphatic heterocycles. The fourth-order valence-corrected chi connectivity index (χ4v) is 2.01. The minimum absolute atomic E-state index is 0.351. The Morgan fingerprint density at radius 1 is 1.19 bits per heavy atom. The third kappa shape index (κ3) is 7.31. The number of nitrogens with zero attached hydrogens (tertiary/aromatic N) is 1. The first kappa shape index (κ1) is 17.0. The largest absolute Gasteiger partial charge is 0.463 e. The van der Waals surface area contributed by atoms with Crippen molar-refractivity contribution in [1.82, 2.24) is 0 Å². The van der Waals surface area contributed by atoms with Crippen LogP contribution in [0.5, 0.6) is 0 Å². The Bertz CT molecular complexity index is 500. The van der Waals surface area contributed by atoms with Gasteiger partial charge in [-0.2, -0.15) is 5.26 Å². The standard InChI is InChI=1S/C18H23NO2/c1-2-3-4-5-6-9-14-21-18(20)13-12-16-10-7-8-11-17(16)15-19/h7-8,10-13H,2-6,9,14H2,1H3. The molecule has 0 heterocycles. The molecular weight excluding hydrogens is 262 g/mol. The van der Waals surface area contributed by atoms with Gasteiger partial charge < -0.3 is 4.74 Å². The second-order valence-corrected chi connectivity index (χ2v) is 4.97. The lowest BCUT2D eigenvalue weighted by molar-refractivity contribution is -0.137. The Labute approximate surface area is 127 Å². The van der Waals surface area contributed by atoms with Crippen molar-refractivity contribution >= 4 is 12.0 Å². The number of benzene rings is 1. The molecule has 0 aliphatic rings. The van der Waals surface area contributed by atoms with Gasteiger partial charge in [-0.3, -0.25) is 0 Å². The number of ether oxygens (including phenoxy) is 1. The monoisotopic (exact) mass is 285 g/mol. The van der Waals surface area contributed by atoms with E-state index in [2.05, 4.69) is 13.0 Å². The normalized spacial score (nSPS) is 10.5. The first-order valence-corrected chi connectivity index (χ1v) is 7.62. The predicted molar refractivity (Wildman–Crippen MR) is 84.5 cm³/mol. The number of unbranched alkanes of at least 4 members (excludes halogenated alkanes) is 5. The third-order valence-electron chi connectivity index (χ3n) is 3.22. The van der Waals surface area contributed by atoms with E-state index in [1.54, 1.807) is 24.3 Å². The summed E-state index contributed by atoms with van der Waals surface area (Å²) in [6, 6.07) is 9.25. The van der Waals surface area contributed by atoms with Crippen molar-refractivity contribution in [3.05, 3.63) is 41.5 Å². The average molecular weight is 285 g/mol. The van der Waals surface area contributed by atoms with Crippen molar-refractivity contribution in [2.75, 3.05) is 6.61 Å². The SMILES string of the molecule is CCCCCCCCOC(=O)C=Cc1ccccc1C#N. The summed E-state index contributed by atoms with van der Waals surface area (Å²) in [6.07, 6.45) is 10.0. The summed E-state index contributed by atoms with van der Waals surface area (Å²) in [5.41, 5.74) is 1.29. The van der Waals surface area contributed by atoms with E-state index in [0.717, 1.165) is 18.4 Å². The van der Waals surface area contributed by atoms with E-state index in [-0.39, 0.29) is 5.97 Å². The minimum Gasteiger partial charge on any atom is -0.463 e. The number of hydrogen-bond donors (Lipinski definition) is 0. The quantitative estimate of drug-likeness (QED) is 0.382. The molecule has 0 aromatic heterocycles. The van der Waals surface area contributed by atoms with E-state index >= 15 is 0 Å². The highest BCUT2D eigenvalue weighted by Gasteiger charge is 2.00. The van der Waals surface area contributed by atoms with Gasteiger partial charge in [-0.15, -0.1) is 0 Å². The van der Waals surface area contributed by atoms with Crippen molar-refractivity contribution in [3.8, 4) is 6.07 Å². The molecule has 0 saturated heterocycles. The van der Waals surface area contributed by atoms with Crippen LogP contribution in [0.4, 0.5) is 0 Å². The van der Waals surface area contributed by atoms with E-state index < -0.39 is 0 Å². The molecule has 21 heavy (non-hydrogen) atoms. The maximum absolute atomic E-state index is 11.6. The summed E-state index contributed by atoms with van der Waals surface area (Å²) in [6.45, 7) is 2.66.